The van der Waals surface area contributed by atoms with Gasteiger partial charge in [0.1, 0.15) is 5.69 Å². The van der Waals surface area contributed by atoms with E-state index in [4.69, 9.17) is 27.9 Å². The number of nitrogens with zero attached hydrogens (tertiary/aromatic N) is 3. The molecule has 1 aliphatic rings. The zero-order valence-corrected chi connectivity index (χ0v) is 14.6. The predicted molar refractivity (Wildman–Crippen MR) is 93.2 cm³/mol. The number of amides is 1. The number of rotatable bonds is 3. The quantitative estimate of drug-likeness (QED) is 0.902. The van der Waals surface area contributed by atoms with Gasteiger partial charge in [0.15, 0.2) is 0 Å². The van der Waals surface area contributed by atoms with Crippen molar-refractivity contribution in [3.63, 3.8) is 0 Å². The molecular formula is C16H16Cl2N4O2. The van der Waals surface area contributed by atoms with Crippen LogP contribution >= 0.6 is 23.2 Å². The number of morpholine rings is 1. The van der Waals surface area contributed by atoms with Gasteiger partial charge < -0.3 is 15.0 Å². The summed E-state index contributed by atoms with van der Waals surface area (Å²) in [6, 6.07) is 6.73. The molecule has 1 aromatic heterocycles. The van der Waals surface area contributed by atoms with Crippen molar-refractivity contribution in [3.8, 4) is 0 Å². The minimum Gasteiger partial charge on any atom is -0.378 e. The van der Waals surface area contributed by atoms with E-state index in [9.17, 15) is 4.79 Å². The van der Waals surface area contributed by atoms with Crippen LogP contribution in [-0.2, 0) is 4.74 Å². The van der Waals surface area contributed by atoms with Crippen molar-refractivity contribution in [2.24, 2.45) is 0 Å². The van der Waals surface area contributed by atoms with Crippen LogP contribution in [-0.4, -0.2) is 47.1 Å². The maximum Gasteiger partial charge on any atom is 0.272 e. The summed E-state index contributed by atoms with van der Waals surface area (Å²) < 4.78 is 5.27. The fraction of sp³-hybridized carbons (Fsp3) is 0.312. The highest BCUT2D eigenvalue weighted by molar-refractivity contribution is 6.35. The summed E-state index contributed by atoms with van der Waals surface area (Å²) >= 11 is 12.0. The number of aromatic nitrogens is 2. The third-order valence-electron chi connectivity index (χ3n) is 3.49. The van der Waals surface area contributed by atoms with Crippen LogP contribution in [0.5, 0.6) is 0 Å². The Labute approximate surface area is 149 Å². The molecule has 8 heteroatoms. The third-order valence-corrected chi connectivity index (χ3v) is 3.93. The highest BCUT2D eigenvalue weighted by Gasteiger charge is 2.20. The van der Waals surface area contributed by atoms with Crippen LogP contribution in [0.3, 0.4) is 0 Å². The summed E-state index contributed by atoms with van der Waals surface area (Å²) in [5.41, 5.74) is 1.69. The highest BCUT2D eigenvalue weighted by atomic mass is 35.5. The Bertz CT molecular complexity index is 743. The van der Waals surface area contributed by atoms with Crippen LogP contribution in [0.2, 0.25) is 10.0 Å². The molecule has 24 heavy (non-hydrogen) atoms. The summed E-state index contributed by atoms with van der Waals surface area (Å²) in [7, 11) is 0. The van der Waals surface area contributed by atoms with Gasteiger partial charge in [0.25, 0.3) is 5.91 Å². The first-order valence-electron chi connectivity index (χ1n) is 7.47. The topological polar surface area (TPSA) is 67.4 Å². The number of aryl methyl sites for hydroxylation is 1. The molecule has 0 spiro atoms. The first kappa shape index (κ1) is 17.0. The van der Waals surface area contributed by atoms with E-state index < -0.39 is 0 Å². The van der Waals surface area contributed by atoms with E-state index in [0.29, 0.717) is 59.4 Å². The molecule has 1 fully saturated rings. The molecular weight excluding hydrogens is 351 g/mol. The zero-order valence-electron chi connectivity index (χ0n) is 13.1. The van der Waals surface area contributed by atoms with Gasteiger partial charge in [0, 0.05) is 34.5 Å². The van der Waals surface area contributed by atoms with Crippen LogP contribution < -0.4 is 5.32 Å². The van der Waals surface area contributed by atoms with Gasteiger partial charge in [0.05, 0.1) is 13.2 Å². The highest BCUT2D eigenvalue weighted by Crippen LogP contribution is 2.24. The van der Waals surface area contributed by atoms with Crippen LogP contribution in [0.4, 0.5) is 11.6 Å². The standard InChI is InChI=1S/C16H16Cl2N4O2/c1-10-6-14(15(23)22-2-4-24-5-3-22)21-16(19-10)20-13-8-11(17)7-12(18)9-13/h6-9H,2-5H2,1H3,(H,19,20,21). The molecule has 0 atom stereocenters. The van der Waals surface area contributed by atoms with Crippen molar-refractivity contribution in [2.45, 2.75) is 6.92 Å². The molecule has 0 unspecified atom stereocenters. The number of benzene rings is 1. The number of hydrogen-bond donors (Lipinski definition) is 1. The average molecular weight is 367 g/mol. The van der Waals surface area contributed by atoms with Gasteiger partial charge in [-0.2, -0.15) is 0 Å². The maximum absolute atomic E-state index is 12.6. The molecule has 1 aromatic carbocycles. The van der Waals surface area contributed by atoms with Gasteiger partial charge in [-0.05, 0) is 31.2 Å². The summed E-state index contributed by atoms with van der Waals surface area (Å²) in [4.78, 5) is 22.9. The molecule has 6 nitrogen and oxygen atoms in total. The summed E-state index contributed by atoms with van der Waals surface area (Å²) in [6.45, 7) is 4.03. The van der Waals surface area contributed by atoms with E-state index in [0.717, 1.165) is 0 Å². The van der Waals surface area contributed by atoms with Crippen molar-refractivity contribution < 1.29 is 9.53 Å². The van der Waals surface area contributed by atoms with Crippen molar-refractivity contribution in [2.75, 3.05) is 31.6 Å². The Morgan fingerprint density at radius 3 is 2.46 bits per heavy atom. The Morgan fingerprint density at radius 2 is 1.79 bits per heavy atom. The van der Waals surface area contributed by atoms with Crippen LogP contribution in [0, 0.1) is 6.92 Å². The minimum absolute atomic E-state index is 0.129. The Morgan fingerprint density at radius 1 is 1.12 bits per heavy atom. The van der Waals surface area contributed by atoms with Gasteiger partial charge in [0.2, 0.25) is 5.95 Å². The number of carbonyl (C=O) groups excluding carboxylic acids is 1. The monoisotopic (exact) mass is 366 g/mol. The smallest absolute Gasteiger partial charge is 0.272 e. The molecule has 0 bridgehead atoms. The first-order valence-corrected chi connectivity index (χ1v) is 8.23. The van der Waals surface area contributed by atoms with E-state index >= 15 is 0 Å². The molecule has 2 aromatic rings. The molecule has 0 radical (unpaired) electrons. The Hall–Kier alpha value is -1.89. The molecule has 2 heterocycles. The molecule has 3 rings (SSSR count). The molecule has 0 aliphatic carbocycles. The normalized spacial score (nSPS) is 14.5. The first-order chi connectivity index (χ1) is 11.5. The lowest BCUT2D eigenvalue weighted by molar-refractivity contribution is 0.0299. The van der Waals surface area contributed by atoms with Gasteiger partial charge >= 0.3 is 0 Å². The molecule has 126 valence electrons. The number of ether oxygens (including phenoxy) is 1. The lowest BCUT2D eigenvalue weighted by Crippen LogP contribution is -2.41. The second-order valence-corrected chi connectivity index (χ2v) is 6.28. The second-order valence-electron chi connectivity index (χ2n) is 5.41. The number of carbonyl (C=O) groups is 1. The van der Waals surface area contributed by atoms with Gasteiger partial charge in [-0.25, -0.2) is 9.97 Å². The molecule has 0 saturated carbocycles. The summed E-state index contributed by atoms with van der Waals surface area (Å²) in [6.07, 6.45) is 0. The number of nitrogens with one attached hydrogen (secondary N) is 1. The van der Waals surface area contributed by atoms with E-state index in [1.807, 2.05) is 6.92 Å². The fourth-order valence-electron chi connectivity index (χ4n) is 2.42. The molecule has 1 amide bonds. The third kappa shape index (κ3) is 4.14. The summed E-state index contributed by atoms with van der Waals surface area (Å²) in [5.74, 6) is 0.195. The fourth-order valence-corrected chi connectivity index (χ4v) is 2.94. The predicted octanol–water partition coefficient (Wildman–Crippen LogP) is 3.31. The molecule has 1 N–H and O–H groups in total. The second kappa shape index (κ2) is 7.34. The Balaban J connectivity index is 1.84. The number of hydrogen-bond acceptors (Lipinski definition) is 5. The van der Waals surface area contributed by atoms with Crippen molar-refractivity contribution >= 4 is 40.7 Å². The lowest BCUT2D eigenvalue weighted by Gasteiger charge is -2.26. The lowest BCUT2D eigenvalue weighted by atomic mass is 10.3. The largest absolute Gasteiger partial charge is 0.378 e. The van der Waals surface area contributed by atoms with E-state index in [1.54, 1.807) is 29.2 Å². The van der Waals surface area contributed by atoms with Crippen LogP contribution in [0.25, 0.3) is 0 Å². The molecule has 1 aliphatic heterocycles. The van der Waals surface area contributed by atoms with Crippen LogP contribution in [0.1, 0.15) is 16.2 Å². The number of anilines is 2. The SMILES string of the molecule is Cc1cc(C(=O)N2CCOCC2)nc(Nc2cc(Cl)cc(Cl)c2)n1. The average Bonchev–Trinajstić information content (AvgIpc) is 2.53. The number of halogens is 2. The van der Waals surface area contributed by atoms with Crippen LogP contribution in [0.15, 0.2) is 24.3 Å². The summed E-state index contributed by atoms with van der Waals surface area (Å²) in [5, 5.41) is 4.04. The van der Waals surface area contributed by atoms with E-state index in [-0.39, 0.29) is 5.91 Å². The van der Waals surface area contributed by atoms with Gasteiger partial charge in [-0.1, -0.05) is 23.2 Å². The molecule has 1 saturated heterocycles. The van der Waals surface area contributed by atoms with E-state index in [2.05, 4.69) is 15.3 Å². The van der Waals surface area contributed by atoms with Gasteiger partial charge in [-0.3, -0.25) is 4.79 Å². The van der Waals surface area contributed by atoms with Crippen molar-refractivity contribution in [1.82, 2.24) is 14.9 Å². The maximum atomic E-state index is 12.6. The Kier molecular flexibility index (Phi) is 5.18. The van der Waals surface area contributed by atoms with Crippen molar-refractivity contribution in [3.05, 3.63) is 45.7 Å². The van der Waals surface area contributed by atoms with Gasteiger partial charge in [-0.15, -0.1) is 0 Å². The van der Waals surface area contributed by atoms with E-state index in [1.165, 1.54) is 0 Å². The van der Waals surface area contributed by atoms with Crippen molar-refractivity contribution in [1.29, 1.82) is 0 Å². The zero-order chi connectivity index (χ0) is 17.1. The minimum atomic E-state index is -0.129.